The summed E-state index contributed by atoms with van der Waals surface area (Å²) in [5.74, 6) is 0.842. The summed E-state index contributed by atoms with van der Waals surface area (Å²) in [6.07, 6.45) is 1.80. The van der Waals surface area contributed by atoms with E-state index < -0.39 is 0 Å². The van der Waals surface area contributed by atoms with Crippen LogP contribution in [0.3, 0.4) is 0 Å². The lowest BCUT2D eigenvalue weighted by molar-refractivity contribution is -0.120. The molecule has 0 saturated carbocycles. The Morgan fingerprint density at radius 2 is 2.15 bits per heavy atom. The molecule has 0 bridgehead atoms. The fraction of sp³-hybridized carbons (Fsp3) is 0.429. The number of fused-ring (bicyclic) bond motifs is 1. The average Bonchev–Trinajstić information content (AvgIpc) is 2.79. The summed E-state index contributed by atoms with van der Waals surface area (Å²) in [5, 5.41) is 6.22. The lowest BCUT2D eigenvalue weighted by Crippen LogP contribution is -2.34. The van der Waals surface area contributed by atoms with E-state index in [0.29, 0.717) is 5.89 Å². The number of halogens is 1. The SMILES string of the molecule is Cc1nc2cc(NC(=O)C3CCNCC3)ccc2o1.Cl. The topological polar surface area (TPSA) is 67.2 Å². The van der Waals surface area contributed by atoms with Gasteiger partial charge in [-0.2, -0.15) is 0 Å². The normalized spacial score (nSPS) is 15.8. The zero-order chi connectivity index (χ0) is 13.2. The Morgan fingerprint density at radius 3 is 2.90 bits per heavy atom. The highest BCUT2D eigenvalue weighted by Gasteiger charge is 2.20. The highest BCUT2D eigenvalue weighted by atomic mass is 35.5. The van der Waals surface area contributed by atoms with E-state index >= 15 is 0 Å². The van der Waals surface area contributed by atoms with Crippen molar-refractivity contribution in [3.05, 3.63) is 24.1 Å². The molecular formula is C14H18ClN3O2. The monoisotopic (exact) mass is 295 g/mol. The minimum atomic E-state index is 0. The van der Waals surface area contributed by atoms with Crippen LogP contribution in [0.5, 0.6) is 0 Å². The number of rotatable bonds is 2. The molecule has 1 aliphatic rings. The third-order valence-electron chi connectivity index (χ3n) is 3.47. The Bertz CT molecular complexity index is 605. The van der Waals surface area contributed by atoms with Crippen LogP contribution in [0.2, 0.25) is 0 Å². The lowest BCUT2D eigenvalue weighted by atomic mass is 9.97. The van der Waals surface area contributed by atoms with Gasteiger partial charge in [0.25, 0.3) is 0 Å². The van der Waals surface area contributed by atoms with Crippen LogP contribution in [0.4, 0.5) is 5.69 Å². The van der Waals surface area contributed by atoms with Gasteiger partial charge < -0.3 is 15.1 Å². The van der Waals surface area contributed by atoms with Gasteiger partial charge in [0.15, 0.2) is 11.5 Å². The van der Waals surface area contributed by atoms with E-state index in [0.717, 1.165) is 42.7 Å². The molecule has 1 aromatic carbocycles. The van der Waals surface area contributed by atoms with Crippen molar-refractivity contribution >= 4 is 35.1 Å². The molecule has 1 amide bonds. The third-order valence-corrected chi connectivity index (χ3v) is 3.47. The maximum atomic E-state index is 12.1. The van der Waals surface area contributed by atoms with Crippen LogP contribution < -0.4 is 10.6 Å². The molecule has 0 spiro atoms. The minimum Gasteiger partial charge on any atom is -0.441 e. The number of amides is 1. The standard InChI is InChI=1S/C14H17N3O2.ClH/c1-9-16-12-8-11(2-3-13(12)19-9)17-14(18)10-4-6-15-7-5-10;/h2-3,8,10,15H,4-7H2,1H3,(H,17,18);1H. The number of carbonyl (C=O) groups excluding carboxylic acids is 1. The summed E-state index contributed by atoms with van der Waals surface area (Å²) in [5.41, 5.74) is 2.31. The van der Waals surface area contributed by atoms with Crippen molar-refractivity contribution in [1.82, 2.24) is 10.3 Å². The Kier molecular flexibility index (Phi) is 4.62. The van der Waals surface area contributed by atoms with Gasteiger partial charge in [-0.25, -0.2) is 4.98 Å². The third kappa shape index (κ3) is 3.11. The molecule has 20 heavy (non-hydrogen) atoms. The van der Waals surface area contributed by atoms with Crippen LogP contribution in [-0.4, -0.2) is 24.0 Å². The summed E-state index contributed by atoms with van der Waals surface area (Å²) < 4.78 is 5.41. The first-order valence-electron chi connectivity index (χ1n) is 6.61. The molecule has 2 N–H and O–H groups in total. The summed E-state index contributed by atoms with van der Waals surface area (Å²) in [6, 6.07) is 5.55. The molecule has 5 nitrogen and oxygen atoms in total. The molecule has 0 unspecified atom stereocenters. The molecule has 0 radical (unpaired) electrons. The second-order valence-corrected chi connectivity index (χ2v) is 4.93. The van der Waals surface area contributed by atoms with Gasteiger partial charge in [-0.05, 0) is 44.1 Å². The van der Waals surface area contributed by atoms with Gasteiger partial charge in [0.1, 0.15) is 5.52 Å². The van der Waals surface area contributed by atoms with Gasteiger partial charge in [0.05, 0.1) is 0 Å². The van der Waals surface area contributed by atoms with Crippen molar-refractivity contribution in [3.8, 4) is 0 Å². The predicted molar refractivity (Wildman–Crippen MR) is 80.2 cm³/mol. The molecule has 0 atom stereocenters. The Balaban J connectivity index is 0.00000147. The fourth-order valence-corrected chi connectivity index (χ4v) is 2.45. The van der Waals surface area contributed by atoms with Crippen LogP contribution >= 0.6 is 12.4 Å². The van der Waals surface area contributed by atoms with Gasteiger partial charge in [-0.15, -0.1) is 12.4 Å². The van der Waals surface area contributed by atoms with Crippen LogP contribution in [0.15, 0.2) is 22.6 Å². The van der Waals surface area contributed by atoms with E-state index in [9.17, 15) is 4.79 Å². The molecule has 1 aromatic heterocycles. The first kappa shape index (κ1) is 14.8. The number of nitrogens with one attached hydrogen (secondary N) is 2. The number of oxazole rings is 1. The van der Waals surface area contributed by atoms with E-state index in [1.165, 1.54) is 0 Å². The lowest BCUT2D eigenvalue weighted by Gasteiger charge is -2.21. The summed E-state index contributed by atoms with van der Waals surface area (Å²) >= 11 is 0. The van der Waals surface area contributed by atoms with Gasteiger partial charge in [-0.1, -0.05) is 0 Å². The molecule has 1 aliphatic heterocycles. The number of hydrogen-bond acceptors (Lipinski definition) is 4. The smallest absolute Gasteiger partial charge is 0.227 e. The summed E-state index contributed by atoms with van der Waals surface area (Å²) in [4.78, 5) is 16.4. The highest BCUT2D eigenvalue weighted by molar-refractivity contribution is 5.94. The van der Waals surface area contributed by atoms with Gasteiger partial charge in [0.2, 0.25) is 5.91 Å². The molecule has 2 heterocycles. The number of hydrogen-bond donors (Lipinski definition) is 2. The maximum absolute atomic E-state index is 12.1. The Labute approximate surface area is 123 Å². The zero-order valence-electron chi connectivity index (χ0n) is 11.3. The summed E-state index contributed by atoms with van der Waals surface area (Å²) in [6.45, 7) is 3.65. The largest absolute Gasteiger partial charge is 0.441 e. The van der Waals surface area contributed by atoms with Crippen molar-refractivity contribution in [2.75, 3.05) is 18.4 Å². The van der Waals surface area contributed by atoms with Crippen LogP contribution in [0.25, 0.3) is 11.1 Å². The first-order valence-corrected chi connectivity index (χ1v) is 6.61. The Morgan fingerprint density at radius 1 is 1.40 bits per heavy atom. The average molecular weight is 296 g/mol. The molecule has 0 aliphatic carbocycles. The fourth-order valence-electron chi connectivity index (χ4n) is 2.45. The molecular weight excluding hydrogens is 278 g/mol. The van der Waals surface area contributed by atoms with Crippen molar-refractivity contribution in [2.45, 2.75) is 19.8 Å². The quantitative estimate of drug-likeness (QED) is 0.893. The number of carbonyl (C=O) groups is 1. The van der Waals surface area contributed by atoms with Crippen LogP contribution in [0, 0.1) is 12.8 Å². The second-order valence-electron chi connectivity index (χ2n) is 4.93. The molecule has 2 aromatic rings. The van der Waals surface area contributed by atoms with Crippen molar-refractivity contribution < 1.29 is 9.21 Å². The predicted octanol–water partition coefficient (Wildman–Crippen LogP) is 2.50. The Hall–Kier alpha value is -1.59. The zero-order valence-corrected chi connectivity index (χ0v) is 12.1. The number of nitrogens with zero attached hydrogens (tertiary/aromatic N) is 1. The summed E-state index contributed by atoms with van der Waals surface area (Å²) in [7, 11) is 0. The highest BCUT2D eigenvalue weighted by Crippen LogP contribution is 2.21. The number of benzene rings is 1. The molecule has 1 saturated heterocycles. The van der Waals surface area contributed by atoms with E-state index in [2.05, 4.69) is 15.6 Å². The number of aromatic nitrogens is 1. The number of aryl methyl sites for hydroxylation is 1. The number of piperidine rings is 1. The molecule has 108 valence electrons. The van der Waals surface area contributed by atoms with Crippen LogP contribution in [0.1, 0.15) is 18.7 Å². The first-order chi connectivity index (χ1) is 9.22. The van der Waals surface area contributed by atoms with E-state index in [1.54, 1.807) is 0 Å². The van der Waals surface area contributed by atoms with Crippen LogP contribution in [-0.2, 0) is 4.79 Å². The molecule has 6 heteroatoms. The second kappa shape index (κ2) is 6.24. The number of anilines is 1. The van der Waals surface area contributed by atoms with Gasteiger partial charge in [0, 0.05) is 18.5 Å². The van der Waals surface area contributed by atoms with Crippen molar-refractivity contribution in [2.24, 2.45) is 5.92 Å². The van der Waals surface area contributed by atoms with Gasteiger partial charge >= 0.3 is 0 Å². The van der Waals surface area contributed by atoms with E-state index in [4.69, 9.17) is 4.42 Å². The minimum absolute atomic E-state index is 0. The van der Waals surface area contributed by atoms with E-state index in [-0.39, 0.29) is 24.2 Å². The van der Waals surface area contributed by atoms with Crippen molar-refractivity contribution in [3.63, 3.8) is 0 Å². The maximum Gasteiger partial charge on any atom is 0.227 e. The van der Waals surface area contributed by atoms with Crippen molar-refractivity contribution in [1.29, 1.82) is 0 Å². The van der Waals surface area contributed by atoms with Gasteiger partial charge in [-0.3, -0.25) is 4.79 Å². The van der Waals surface area contributed by atoms with E-state index in [1.807, 2.05) is 25.1 Å². The molecule has 3 rings (SSSR count). The molecule has 1 fully saturated rings.